The first kappa shape index (κ1) is 21.2. The Balaban J connectivity index is 1.46. The summed E-state index contributed by atoms with van der Waals surface area (Å²) < 4.78 is 0. The molecule has 2 heteroatoms. The molecule has 4 aromatic carbocycles. The minimum atomic E-state index is 0.139. The van der Waals surface area contributed by atoms with Crippen LogP contribution in [0.1, 0.15) is 32.6 Å². The van der Waals surface area contributed by atoms with E-state index in [1.165, 1.54) is 55.9 Å². The lowest BCUT2D eigenvalue weighted by Crippen LogP contribution is -2.44. The van der Waals surface area contributed by atoms with Crippen LogP contribution in [-0.4, -0.2) is 18.6 Å². The number of allylic oxidation sites excluding steroid dienone is 2. The van der Waals surface area contributed by atoms with Crippen LogP contribution in [0.2, 0.25) is 0 Å². The highest BCUT2D eigenvalue weighted by Crippen LogP contribution is 2.38. The molecule has 0 amide bonds. The quantitative estimate of drug-likeness (QED) is 0.322. The van der Waals surface area contributed by atoms with E-state index < -0.39 is 0 Å². The maximum Gasteiger partial charge on any atom is 0.0375 e. The van der Waals surface area contributed by atoms with Crippen molar-refractivity contribution in [1.82, 2.24) is 0 Å². The zero-order chi connectivity index (χ0) is 23.1. The van der Waals surface area contributed by atoms with E-state index in [4.69, 9.17) is 5.73 Å². The molecule has 1 heterocycles. The first-order valence-electron chi connectivity index (χ1n) is 12.6. The second kappa shape index (κ2) is 8.77. The minimum Gasteiger partial charge on any atom is -0.367 e. The van der Waals surface area contributed by atoms with E-state index in [1.807, 2.05) is 0 Å². The molecule has 1 aliphatic carbocycles. The number of hydrogen-bond acceptors (Lipinski definition) is 2. The van der Waals surface area contributed by atoms with Gasteiger partial charge in [-0.25, -0.2) is 0 Å². The first-order valence-corrected chi connectivity index (χ1v) is 12.6. The van der Waals surface area contributed by atoms with Gasteiger partial charge in [-0.1, -0.05) is 78.4 Å². The molecule has 0 saturated carbocycles. The average Bonchev–Trinajstić information content (AvgIpc) is 2.93. The van der Waals surface area contributed by atoms with E-state index in [-0.39, 0.29) is 6.04 Å². The third kappa shape index (κ3) is 3.82. The summed E-state index contributed by atoms with van der Waals surface area (Å²) in [4.78, 5) is 2.59. The molecule has 6 rings (SSSR count). The molecule has 2 nitrogen and oxygen atoms in total. The van der Waals surface area contributed by atoms with Crippen LogP contribution in [0.3, 0.4) is 0 Å². The summed E-state index contributed by atoms with van der Waals surface area (Å²) in [6.07, 6.45) is 9.16. The van der Waals surface area contributed by atoms with Gasteiger partial charge in [0.05, 0.1) is 0 Å². The lowest BCUT2D eigenvalue weighted by molar-refractivity contribution is 0.510. The van der Waals surface area contributed by atoms with Gasteiger partial charge in [0.25, 0.3) is 0 Å². The Morgan fingerprint density at radius 1 is 0.824 bits per heavy atom. The molecule has 1 aliphatic heterocycles. The molecule has 0 fully saturated rings. The van der Waals surface area contributed by atoms with Crippen molar-refractivity contribution in [2.24, 2.45) is 5.73 Å². The molecule has 4 aromatic rings. The Labute approximate surface area is 202 Å². The van der Waals surface area contributed by atoms with Gasteiger partial charge in [-0.2, -0.15) is 0 Å². The van der Waals surface area contributed by atoms with Crippen LogP contribution < -0.4 is 10.6 Å². The minimum absolute atomic E-state index is 0.139. The topological polar surface area (TPSA) is 29.3 Å². The number of fused-ring (bicyclic) bond motifs is 5. The highest BCUT2D eigenvalue weighted by molar-refractivity contribution is 6.13. The van der Waals surface area contributed by atoms with E-state index in [2.05, 4.69) is 103 Å². The fraction of sp³-hybridized carbons (Fsp3) is 0.250. The molecule has 0 saturated heterocycles. The second-order valence-electron chi connectivity index (χ2n) is 9.94. The van der Waals surface area contributed by atoms with Crippen molar-refractivity contribution in [2.45, 2.75) is 44.7 Å². The largest absolute Gasteiger partial charge is 0.367 e. The zero-order valence-corrected chi connectivity index (χ0v) is 19.9. The van der Waals surface area contributed by atoms with Crippen LogP contribution in [0.4, 0.5) is 5.69 Å². The maximum atomic E-state index is 6.63. The molecule has 170 valence electrons. The zero-order valence-electron chi connectivity index (χ0n) is 19.9. The summed E-state index contributed by atoms with van der Waals surface area (Å²) in [5.74, 6) is 0. The van der Waals surface area contributed by atoms with Gasteiger partial charge < -0.3 is 10.6 Å². The number of nitrogens with zero attached hydrogens (tertiary/aromatic N) is 1. The number of anilines is 1. The third-order valence-electron chi connectivity index (χ3n) is 7.71. The van der Waals surface area contributed by atoms with E-state index in [0.717, 1.165) is 25.8 Å². The predicted molar refractivity (Wildman–Crippen MR) is 146 cm³/mol. The molecule has 34 heavy (non-hydrogen) atoms. The second-order valence-corrected chi connectivity index (χ2v) is 9.94. The highest BCUT2D eigenvalue weighted by atomic mass is 15.2. The lowest BCUT2D eigenvalue weighted by atomic mass is 9.89. The lowest BCUT2D eigenvalue weighted by Gasteiger charge is -2.37. The summed E-state index contributed by atoms with van der Waals surface area (Å²) in [5.41, 5.74) is 13.4. The Bertz CT molecular complexity index is 1430. The number of benzene rings is 4. The van der Waals surface area contributed by atoms with Crippen LogP contribution in [0, 0.1) is 0 Å². The SMILES string of the molecule is C/C1=C\CC(N)CN(c2cccc(-c3cc4ccccc4c4ccccc34)c2)[C@@H]2CCC=C1C2. The number of hydrogen-bond donors (Lipinski definition) is 1. The predicted octanol–water partition coefficient (Wildman–Crippen LogP) is 7.62. The van der Waals surface area contributed by atoms with E-state index in [1.54, 1.807) is 0 Å². The van der Waals surface area contributed by atoms with Crippen LogP contribution >= 0.6 is 0 Å². The molecule has 0 spiro atoms. The number of nitrogens with two attached hydrogens (primary N) is 1. The van der Waals surface area contributed by atoms with Crippen LogP contribution in [-0.2, 0) is 0 Å². The number of rotatable bonds is 2. The molecule has 0 radical (unpaired) electrons. The third-order valence-corrected chi connectivity index (χ3v) is 7.71. The van der Waals surface area contributed by atoms with Gasteiger partial charge in [-0.05, 0) is 89.1 Å². The van der Waals surface area contributed by atoms with Crippen molar-refractivity contribution in [3.05, 3.63) is 102 Å². The smallest absolute Gasteiger partial charge is 0.0375 e. The normalized spacial score (nSPS) is 22.5. The molecule has 2 aliphatic rings. The highest BCUT2D eigenvalue weighted by Gasteiger charge is 2.26. The van der Waals surface area contributed by atoms with Crippen molar-refractivity contribution >= 4 is 27.2 Å². The first-order chi connectivity index (χ1) is 16.7. The Kier molecular flexibility index (Phi) is 5.47. The van der Waals surface area contributed by atoms with Gasteiger partial charge in [-0.15, -0.1) is 0 Å². The van der Waals surface area contributed by atoms with E-state index in [0.29, 0.717) is 6.04 Å². The van der Waals surface area contributed by atoms with Crippen molar-refractivity contribution < 1.29 is 0 Å². The van der Waals surface area contributed by atoms with Crippen LogP contribution in [0.5, 0.6) is 0 Å². The van der Waals surface area contributed by atoms with Gasteiger partial charge in [0, 0.05) is 24.3 Å². The van der Waals surface area contributed by atoms with Crippen molar-refractivity contribution in [2.75, 3.05) is 11.4 Å². The Hall–Kier alpha value is -3.36. The fourth-order valence-corrected chi connectivity index (χ4v) is 5.87. The van der Waals surface area contributed by atoms with Gasteiger partial charge >= 0.3 is 0 Å². The summed E-state index contributed by atoms with van der Waals surface area (Å²) in [6, 6.07) is 29.6. The van der Waals surface area contributed by atoms with Crippen LogP contribution in [0.15, 0.2) is 102 Å². The maximum absolute atomic E-state index is 6.63. The van der Waals surface area contributed by atoms with Gasteiger partial charge in [0.15, 0.2) is 0 Å². The van der Waals surface area contributed by atoms with Gasteiger partial charge in [0.2, 0.25) is 0 Å². The van der Waals surface area contributed by atoms with E-state index >= 15 is 0 Å². The van der Waals surface area contributed by atoms with Crippen LogP contribution in [0.25, 0.3) is 32.7 Å². The van der Waals surface area contributed by atoms with Crippen molar-refractivity contribution in [3.63, 3.8) is 0 Å². The van der Waals surface area contributed by atoms with Gasteiger partial charge in [-0.3, -0.25) is 0 Å². The molecule has 1 unspecified atom stereocenters. The molecular weight excluding hydrogens is 412 g/mol. The molecular formula is C32H32N2. The summed E-state index contributed by atoms with van der Waals surface area (Å²) in [5, 5.41) is 5.22. The molecule has 2 atom stereocenters. The average molecular weight is 445 g/mol. The molecule has 2 bridgehead atoms. The fourth-order valence-electron chi connectivity index (χ4n) is 5.87. The van der Waals surface area contributed by atoms with Gasteiger partial charge in [0.1, 0.15) is 0 Å². The van der Waals surface area contributed by atoms with Crippen molar-refractivity contribution in [3.8, 4) is 11.1 Å². The standard InChI is InChI=1S/C32H32N2/c1-22-16-17-26(33)21-34(27-11-6-9-23(22)18-27)28-12-7-10-24(19-28)32-20-25-8-2-3-13-29(25)30-14-4-5-15-31(30)32/h2-5,7-10,12-16,19-20,26-27H,6,11,17-18,21,33H2,1H3/b22-16+/t26?,27-/m1/s1. The Morgan fingerprint density at radius 2 is 1.62 bits per heavy atom. The molecule has 2 N–H and O–H groups in total. The van der Waals surface area contributed by atoms with E-state index in [9.17, 15) is 0 Å². The molecule has 0 aromatic heterocycles. The monoisotopic (exact) mass is 444 g/mol. The van der Waals surface area contributed by atoms with Crippen molar-refractivity contribution in [1.29, 1.82) is 0 Å². The summed E-state index contributed by atoms with van der Waals surface area (Å²) in [7, 11) is 0. The summed E-state index contributed by atoms with van der Waals surface area (Å²) >= 11 is 0. The Morgan fingerprint density at radius 3 is 2.50 bits per heavy atom. The summed E-state index contributed by atoms with van der Waals surface area (Å²) in [6.45, 7) is 3.14.